The summed E-state index contributed by atoms with van der Waals surface area (Å²) in [6.45, 7) is 13.1. The van der Waals surface area contributed by atoms with Crippen LogP contribution in [0.3, 0.4) is 0 Å². The Bertz CT molecular complexity index is 777. The van der Waals surface area contributed by atoms with Crippen LogP contribution >= 0.6 is 0 Å². The average Bonchev–Trinajstić information content (AvgIpc) is 3.24. The number of ether oxygens (including phenoxy) is 1. The first kappa shape index (κ1) is 58.7. The summed E-state index contributed by atoms with van der Waals surface area (Å²) < 4.78 is 5.66. The second kappa shape index (κ2) is 48.7. The van der Waals surface area contributed by atoms with Crippen LogP contribution in [0.5, 0.6) is 0 Å². The molecule has 0 aromatic rings. The Morgan fingerprint density at radius 3 is 1.17 bits per heavy atom. The van der Waals surface area contributed by atoms with Crippen LogP contribution in [0.25, 0.3) is 0 Å². The fourth-order valence-electron chi connectivity index (χ4n) is 8.66. The molecule has 60 heavy (non-hydrogen) atoms. The molecule has 0 saturated carbocycles. The first-order valence-corrected chi connectivity index (χ1v) is 27.1. The molecule has 0 aromatic carbocycles. The lowest BCUT2D eigenvalue weighted by Crippen LogP contribution is -2.35. The lowest BCUT2D eigenvalue weighted by Gasteiger charge is -2.22. The maximum atomic E-state index is 12.9. The molecule has 0 aliphatic carbocycles. The standard InChI is InChI=1S/C53H107N3O4/c1-5-9-13-17-22-30-40-50(41-31-23-18-14-10-6-2)54-52(58)44-34-26-21-27-35-45-56(47-37-38-48-57)46-36-28-29-39-49-60-53(59)55-51(42-32-24-19-15-11-7-3)43-33-25-20-16-12-8-4/h50-51,57H,5-49H2,1-4H3,(H,54,58)(H,55,59). The van der Waals surface area contributed by atoms with Crippen molar-refractivity contribution in [3.8, 4) is 0 Å². The summed E-state index contributed by atoms with van der Waals surface area (Å²) in [5, 5.41) is 16.0. The van der Waals surface area contributed by atoms with E-state index in [0.717, 1.165) is 96.7 Å². The third-order valence-corrected chi connectivity index (χ3v) is 12.7. The fourth-order valence-corrected chi connectivity index (χ4v) is 8.66. The van der Waals surface area contributed by atoms with Crippen LogP contribution in [-0.4, -0.2) is 66.9 Å². The minimum atomic E-state index is -0.221. The van der Waals surface area contributed by atoms with Crippen LogP contribution in [0.15, 0.2) is 0 Å². The summed E-state index contributed by atoms with van der Waals surface area (Å²) >= 11 is 0. The van der Waals surface area contributed by atoms with Crippen LogP contribution in [0.1, 0.15) is 285 Å². The highest BCUT2D eigenvalue weighted by Crippen LogP contribution is 2.17. The zero-order valence-corrected chi connectivity index (χ0v) is 41.1. The number of hydrogen-bond donors (Lipinski definition) is 3. The zero-order valence-electron chi connectivity index (χ0n) is 41.1. The molecule has 7 heteroatoms. The molecule has 0 unspecified atom stereocenters. The highest BCUT2D eigenvalue weighted by atomic mass is 16.5. The first-order valence-electron chi connectivity index (χ1n) is 27.1. The van der Waals surface area contributed by atoms with Gasteiger partial charge < -0.3 is 25.4 Å². The van der Waals surface area contributed by atoms with Gasteiger partial charge in [0.1, 0.15) is 0 Å². The molecule has 0 saturated heterocycles. The number of aliphatic hydroxyl groups is 1. The van der Waals surface area contributed by atoms with Crippen molar-refractivity contribution in [2.75, 3.05) is 32.8 Å². The molecule has 0 atom stereocenters. The summed E-state index contributed by atoms with van der Waals surface area (Å²) in [5.74, 6) is 0.271. The van der Waals surface area contributed by atoms with E-state index >= 15 is 0 Å². The maximum absolute atomic E-state index is 12.9. The van der Waals surface area contributed by atoms with E-state index in [1.54, 1.807) is 0 Å². The van der Waals surface area contributed by atoms with E-state index in [-0.39, 0.29) is 24.6 Å². The highest BCUT2D eigenvalue weighted by molar-refractivity contribution is 5.76. The lowest BCUT2D eigenvalue weighted by atomic mass is 9.99. The molecule has 0 aliphatic heterocycles. The predicted molar refractivity (Wildman–Crippen MR) is 261 cm³/mol. The highest BCUT2D eigenvalue weighted by Gasteiger charge is 2.14. The van der Waals surface area contributed by atoms with Gasteiger partial charge in [0.15, 0.2) is 0 Å². The molecule has 0 bridgehead atoms. The van der Waals surface area contributed by atoms with Crippen molar-refractivity contribution in [1.82, 2.24) is 15.5 Å². The van der Waals surface area contributed by atoms with E-state index in [4.69, 9.17) is 4.74 Å². The van der Waals surface area contributed by atoms with Crippen LogP contribution in [0, 0.1) is 0 Å². The van der Waals surface area contributed by atoms with Crippen LogP contribution in [0.4, 0.5) is 4.79 Å². The first-order chi connectivity index (χ1) is 29.5. The number of aliphatic hydroxyl groups excluding tert-OH is 1. The number of amides is 2. The summed E-state index contributed by atoms with van der Waals surface area (Å²) in [6.07, 6.45) is 48.1. The zero-order chi connectivity index (χ0) is 43.8. The number of nitrogens with one attached hydrogen (secondary N) is 2. The summed E-state index contributed by atoms with van der Waals surface area (Å²) in [6, 6.07) is 0.610. The SMILES string of the molecule is CCCCCCCCC(CCCCCCCC)NC(=O)CCCCCCCN(CCCCO)CCCCCCOC(=O)NC(CCCCCCCC)CCCCCCCC. The molecule has 7 nitrogen and oxygen atoms in total. The van der Waals surface area contributed by atoms with Gasteiger partial charge in [0, 0.05) is 25.1 Å². The summed E-state index contributed by atoms with van der Waals surface area (Å²) in [5.41, 5.74) is 0. The topological polar surface area (TPSA) is 90.9 Å². The molecule has 0 fully saturated rings. The molecule has 3 N–H and O–H groups in total. The van der Waals surface area contributed by atoms with Crippen molar-refractivity contribution < 1.29 is 19.4 Å². The van der Waals surface area contributed by atoms with Crippen molar-refractivity contribution in [1.29, 1.82) is 0 Å². The second-order valence-corrected chi connectivity index (χ2v) is 18.7. The van der Waals surface area contributed by atoms with Crippen molar-refractivity contribution in [3.05, 3.63) is 0 Å². The predicted octanol–water partition coefficient (Wildman–Crippen LogP) is 15.5. The summed E-state index contributed by atoms with van der Waals surface area (Å²) in [7, 11) is 0. The monoisotopic (exact) mass is 850 g/mol. The number of carbonyl (C=O) groups excluding carboxylic acids is 2. The van der Waals surface area contributed by atoms with Gasteiger partial charge in [0.25, 0.3) is 0 Å². The third kappa shape index (κ3) is 43.3. The molecule has 0 spiro atoms. The Morgan fingerprint density at radius 1 is 0.417 bits per heavy atom. The number of nitrogens with zero attached hydrogens (tertiary/aromatic N) is 1. The Balaban J connectivity index is 4.36. The van der Waals surface area contributed by atoms with Crippen molar-refractivity contribution in [2.24, 2.45) is 0 Å². The number of rotatable bonds is 49. The number of unbranched alkanes of at least 4 members (excludes halogenated alkanes) is 28. The molecule has 0 radical (unpaired) electrons. The smallest absolute Gasteiger partial charge is 0.407 e. The largest absolute Gasteiger partial charge is 0.450 e. The van der Waals surface area contributed by atoms with Gasteiger partial charge in [0.05, 0.1) is 6.61 Å². The molecule has 2 amide bonds. The third-order valence-electron chi connectivity index (χ3n) is 12.7. The van der Waals surface area contributed by atoms with Gasteiger partial charge in [0.2, 0.25) is 5.91 Å². The van der Waals surface area contributed by atoms with Gasteiger partial charge in [-0.05, 0) is 83.8 Å². The maximum Gasteiger partial charge on any atom is 0.407 e. The van der Waals surface area contributed by atoms with E-state index in [1.165, 1.54) is 173 Å². The van der Waals surface area contributed by atoms with Gasteiger partial charge in [-0.3, -0.25) is 4.79 Å². The van der Waals surface area contributed by atoms with E-state index in [2.05, 4.69) is 43.2 Å². The van der Waals surface area contributed by atoms with Crippen LogP contribution in [-0.2, 0) is 9.53 Å². The number of hydrogen-bond acceptors (Lipinski definition) is 5. The number of alkyl carbamates (subject to hydrolysis) is 1. The Morgan fingerprint density at radius 2 is 0.750 bits per heavy atom. The lowest BCUT2D eigenvalue weighted by molar-refractivity contribution is -0.122. The van der Waals surface area contributed by atoms with Gasteiger partial charge in [-0.2, -0.15) is 0 Å². The minimum absolute atomic E-state index is 0.221. The second-order valence-electron chi connectivity index (χ2n) is 18.7. The van der Waals surface area contributed by atoms with Crippen LogP contribution < -0.4 is 10.6 Å². The number of carbonyl (C=O) groups is 2. The fraction of sp³-hybridized carbons (Fsp3) is 0.962. The molecule has 0 aliphatic rings. The Hall–Kier alpha value is -1.34. The van der Waals surface area contributed by atoms with Crippen LogP contribution in [0.2, 0.25) is 0 Å². The Kier molecular flexibility index (Phi) is 47.6. The van der Waals surface area contributed by atoms with Crippen molar-refractivity contribution in [3.63, 3.8) is 0 Å². The van der Waals surface area contributed by atoms with Gasteiger partial charge in [-0.25, -0.2) is 4.79 Å². The molecular formula is C53H107N3O4. The average molecular weight is 850 g/mol. The van der Waals surface area contributed by atoms with E-state index in [9.17, 15) is 14.7 Å². The van der Waals surface area contributed by atoms with Crippen molar-refractivity contribution >= 4 is 12.0 Å². The van der Waals surface area contributed by atoms with E-state index in [0.29, 0.717) is 19.1 Å². The van der Waals surface area contributed by atoms with Gasteiger partial charge in [-0.15, -0.1) is 0 Å². The normalized spacial score (nSPS) is 11.7. The van der Waals surface area contributed by atoms with Crippen molar-refractivity contribution in [2.45, 2.75) is 297 Å². The molecule has 358 valence electrons. The van der Waals surface area contributed by atoms with Gasteiger partial charge >= 0.3 is 6.09 Å². The molecule has 0 rings (SSSR count). The quantitative estimate of drug-likeness (QED) is 0.0531. The molecule has 0 heterocycles. The summed E-state index contributed by atoms with van der Waals surface area (Å²) in [4.78, 5) is 28.2. The Labute approximate surface area is 375 Å². The molecule has 0 aromatic heterocycles. The van der Waals surface area contributed by atoms with E-state index in [1.807, 2.05) is 0 Å². The minimum Gasteiger partial charge on any atom is -0.450 e. The van der Waals surface area contributed by atoms with Gasteiger partial charge in [-0.1, -0.05) is 214 Å². The van der Waals surface area contributed by atoms with E-state index < -0.39 is 0 Å². The molecular weight excluding hydrogens is 743 g/mol.